The van der Waals surface area contributed by atoms with Crippen molar-refractivity contribution in [2.75, 3.05) is 0 Å². The molecule has 0 aliphatic carbocycles. The molecule has 0 bridgehead atoms. The Morgan fingerprint density at radius 2 is 1.82 bits per heavy atom. The van der Waals surface area contributed by atoms with Crippen LogP contribution in [0.5, 0.6) is 0 Å². The van der Waals surface area contributed by atoms with E-state index in [2.05, 4.69) is 12.1 Å². The number of hydrogen-bond donors (Lipinski definition) is 0. The molecule has 0 spiro atoms. The van der Waals surface area contributed by atoms with Crippen LogP contribution in [0.15, 0.2) is 12.1 Å². The van der Waals surface area contributed by atoms with E-state index in [1.807, 2.05) is 26.8 Å². The van der Waals surface area contributed by atoms with Gasteiger partial charge in [-0.2, -0.15) is 5.26 Å². The molecular weight excluding hydrogens is 134 g/mol. The number of nitrogens with zero attached hydrogens (tertiary/aromatic N) is 1. The molecule has 0 atom stereocenters. The van der Waals surface area contributed by atoms with Crippen LogP contribution < -0.4 is 0 Å². The van der Waals surface area contributed by atoms with E-state index in [0.717, 1.165) is 16.7 Å². The third-order valence-electron chi connectivity index (χ3n) is 1.93. The van der Waals surface area contributed by atoms with Crippen molar-refractivity contribution in [2.45, 2.75) is 20.8 Å². The fraction of sp³-hybridized carbons (Fsp3) is 0.300. The second-order valence-corrected chi connectivity index (χ2v) is 2.87. The van der Waals surface area contributed by atoms with Gasteiger partial charge < -0.3 is 0 Å². The van der Waals surface area contributed by atoms with Gasteiger partial charge in [0.05, 0.1) is 11.6 Å². The third kappa shape index (κ3) is 1.40. The summed E-state index contributed by atoms with van der Waals surface area (Å²) in [6, 6.07) is 6.19. The lowest BCUT2D eigenvalue weighted by atomic mass is 10.0. The fourth-order valence-electron chi connectivity index (χ4n) is 1.16. The molecule has 1 aromatic rings. The van der Waals surface area contributed by atoms with Gasteiger partial charge in [0.2, 0.25) is 0 Å². The van der Waals surface area contributed by atoms with Crippen molar-refractivity contribution >= 4 is 0 Å². The van der Waals surface area contributed by atoms with Crippen molar-refractivity contribution in [1.82, 2.24) is 0 Å². The zero-order chi connectivity index (χ0) is 8.43. The molecule has 0 saturated heterocycles. The van der Waals surface area contributed by atoms with Crippen molar-refractivity contribution in [2.24, 2.45) is 0 Å². The average molecular weight is 145 g/mol. The van der Waals surface area contributed by atoms with Gasteiger partial charge in [-0.3, -0.25) is 0 Å². The van der Waals surface area contributed by atoms with Crippen molar-refractivity contribution in [3.8, 4) is 6.07 Å². The van der Waals surface area contributed by atoms with E-state index in [9.17, 15) is 0 Å². The molecule has 1 rings (SSSR count). The molecule has 0 radical (unpaired) electrons. The van der Waals surface area contributed by atoms with Crippen molar-refractivity contribution in [3.05, 3.63) is 34.4 Å². The quantitative estimate of drug-likeness (QED) is 0.550. The van der Waals surface area contributed by atoms with Crippen LogP contribution in [-0.4, -0.2) is 0 Å². The first-order valence-electron chi connectivity index (χ1n) is 3.63. The van der Waals surface area contributed by atoms with E-state index >= 15 is 0 Å². The maximum atomic E-state index is 8.72. The van der Waals surface area contributed by atoms with Gasteiger partial charge in [0.1, 0.15) is 0 Å². The van der Waals surface area contributed by atoms with Crippen molar-refractivity contribution in [3.63, 3.8) is 0 Å². The predicted molar refractivity (Wildman–Crippen MR) is 45.4 cm³/mol. The van der Waals surface area contributed by atoms with Crippen LogP contribution in [0, 0.1) is 32.1 Å². The molecule has 0 fully saturated rings. The number of rotatable bonds is 0. The molecule has 11 heavy (non-hydrogen) atoms. The van der Waals surface area contributed by atoms with Gasteiger partial charge in [0, 0.05) is 0 Å². The van der Waals surface area contributed by atoms with Crippen LogP contribution in [0.3, 0.4) is 0 Å². The molecule has 0 amide bonds. The minimum absolute atomic E-state index is 0.794. The van der Waals surface area contributed by atoms with Gasteiger partial charge in [-0.05, 0) is 43.5 Å². The topological polar surface area (TPSA) is 23.8 Å². The van der Waals surface area contributed by atoms with Gasteiger partial charge in [-0.15, -0.1) is 0 Å². The molecule has 0 heterocycles. The fourth-order valence-corrected chi connectivity index (χ4v) is 1.16. The van der Waals surface area contributed by atoms with E-state index in [1.165, 1.54) is 5.56 Å². The normalized spacial score (nSPS) is 9.27. The SMILES string of the molecule is Cc1cc(C)c(C)c(C#N)c1. The summed E-state index contributed by atoms with van der Waals surface area (Å²) in [5.41, 5.74) is 4.24. The Morgan fingerprint density at radius 1 is 1.18 bits per heavy atom. The molecular formula is C10H11N. The van der Waals surface area contributed by atoms with E-state index in [-0.39, 0.29) is 0 Å². The Hall–Kier alpha value is -1.29. The van der Waals surface area contributed by atoms with Crippen LogP contribution in [0.1, 0.15) is 22.3 Å². The highest BCUT2D eigenvalue weighted by Crippen LogP contribution is 2.14. The molecule has 0 saturated carbocycles. The Kier molecular flexibility index (Phi) is 1.96. The summed E-state index contributed by atoms with van der Waals surface area (Å²) in [7, 11) is 0. The summed E-state index contributed by atoms with van der Waals surface area (Å²) < 4.78 is 0. The first-order valence-corrected chi connectivity index (χ1v) is 3.63. The summed E-state index contributed by atoms with van der Waals surface area (Å²) in [4.78, 5) is 0. The summed E-state index contributed by atoms with van der Waals surface area (Å²) in [5, 5.41) is 8.72. The molecule has 56 valence electrons. The highest BCUT2D eigenvalue weighted by atomic mass is 14.2. The third-order valence-corrected chi connectivity index (χ3v) is 1.93. The van der Waals surface area contributed by atoms with Crippen LogP contribution in [0.25, 0.3) is 0 Å². The lowest BCUT2D eigenvalue weighted by Crippen LogP contribution is -1.88. The number of benzene rings is 1. The zero-order valence-electron chi connectivity index (χ0n) is 7.10. The Balaban J connectivity index is 3.39. The molecule has 1 aromatic carbocycles. The average Bonchev–Trinajstić information content (AvgIpc) is 1.96. The molecule has 1 heteroatoms. The largest absolute Gasteiger partial charge is 0.192 e. The standard InChI is InChI=1S/C10H11N/c1-7-4-8(2)9(3)10(5-7)6-11/h4-5H,1-3H3. The predicted octanol–water partition coefficient (Wildman–Crippen LogP) is 2.48. The zero-order valence-corrected chi connectivity index (χ0v) is 7.10. The Morgan fingerprint density at radius 3 is 2.36 bits per heavy atom. The maximum absolute atomic E-state index is 8.72. The second kappa shape index (κ2) is 2.75. The molecule has 0 unspecified atom stereocenters. The second-order valence-electron chi connectivity index (χ2n) is 2.87. The van der Waals surface area contributed by atoms with E-state index < -0.39 is 0 Å². The molecule has 0 aliphatic rings. The smallest absolute Gasteiger partial charge is 0.0994 e. The molecule has 1 nitrogen and oxygen atoms in total. The van der Waals surface area contributed by atoms with Crippen LogP contribution in [0.4, 0.5) is 0 Å². The highest BCUT2D eigenvalue weighted by molar-refractivity contribution is 5.44. The lowest BCUT2D eigenvalue weighted by Gasteiger charge is -2.02. The van der Waals surface area contributed by atoms with E-state index in [0.29, 0.717) is 0 Å². The summed E-state index contributed by atoms with van der Waals surface area (Å²) in [6.45, 7) is 6.02. The highest BCUT2D eigenvalue weighted by Gasteiger charge is 1.99. The van der Waals surface area contributed by atoms with Crippen LogP contribution >= 0.6 is 0 Å². The van der Waals surface area contributed by atoms with Gasteiger partial charge in [-0.25, -0.2) is 0 Å². The van der Waals surface area contributed by atoms with E-state index in [4.69, 9.17) is 5.26 Å². The molecule has 0 aromatic heterocycles. The van der Waals surface area contributed by atoms with Gasteiger partial charge in [0.15, 0.2) is 0 Å². The number of nitriles is 1. The summed E-state index contributed by atoms with van der Waals surface area (Å²) in [5.74, 6) is 0. The van der Waals surface area contributed by atoms with Crippen molar-refractivity contribution in [1.29, 1.82) is 5.26 Å². The minimum atomic E-state index is 0.794. The Bertz CT molecular complexity index is 318. The maximum Gasteiger partial charge on any atom is 0.0994 e. The first kappa shape index (κ1) is 7.81. The number of aryl methyl sites for hydroxylation is 2. The lowest BCUT2D eigenvalue weighted by molar-refractivity contribution is 1.27. The van der Waals surface area contributed by atoms with Gasteiger partial charge in [0.25, 0.3) is 0 Å². The van der Waals surface area contributed by atoms with Crippen LogP contribution in [-0.2, 0) is 0 Å². The molecule has 0 N–H and O–H groups in total. The monoisotopic (exact) mass is 145 g/mol. The van der Waals surface area contributed by atoms with Gasteiger partial charge in [-0.1, -0.05) is 6.07 Å². The molecule has 0 aliphatic heterocycles. The summed E-state index contributed by atoms with van der Waals surface area (Å²) in [6.07, 6.45) is 0. The summed E-state index contributed by atoms with van der Waals surface area (Å²) >= 11 is 0. The van der Waals surface area contributed by atoms with Crippen LogP contribution in [0.2, 0.25) is 0 Å². The van der Waals surface area contributed by atoms with Crippen molar-refractivity contribution < 1.29 is 0 Å². The first-order chi connectivity index (χ1) is 5.15. The minimum Gasteiger partial charge on any atom is -0.192 e. The number of hydrogen-bond acceptors (Lipinski definition) is 1. The Labute approximate surface area is 67.3 Å². The van der Waals surface area contributed by atoms with E-state index in [1.54, 1.807) is 0 Å². The van der Waals surface area contributed by atoms with Gasteiger partial charge >= 0.3 is 0 Å².